The summed E-state index contributed by atoms with van der Waals surface area (Å²) in [6.45, 7) is -0.120. The largest absolute Gasteiger partial charge is 0.364 e. The number of nitrogens with zero attached hydrogens (tertiary/aromatic N) is 5. The lowest BCUT2D eigenvalue weighted by Crippen LogP contribution is -2.20. The molecule has 4 N–H and O–H groups in total. The quantitative estimate of drug-likeness (QED) is 0.429. The van der Waals surface area contributed by atoms with Crippen LogP contribution in [0.25, 0.3) is 22.6 Å². The van der Waals surface area contributed by atoms with Crippen molar-refractivity contribution in [1.29, 1.82) is 0 Å². The molecule has 0 radical (unpaired) electrons. The molecule has 0 unspecified atom stereocenters. The number of amides is 2. The van der Waals surface area contributed by atoms with Crippen molar-refractivity contribution in [3.05, 3.63) is 52.6 Å². The summed E-state index contributed by atoms with van der Waals surface area (Å²) in [5, 5.41) is 17.5. The first-order valence-corrected chi connectivity index (χ1v) is 9.51. The maximum absolute atomic E-state index is 12.3. The van der Waals surface area contributed by atoms with E-state index in [2.05, 4.69) is 30.7 Å². The number of aromatic nitrogens is 6. The second-order valence-corrected chi connectivity index (χ2v) is 7.20. The summed E-state index contributed by atoms with van der Waals surface area (Å²) in [6, 6.07) is 8.58. The molecule has 0 aliphatic heterocycles. The average molecular weight is 429 g/mol. The molecule has 10 nitrogen and oxygen atoms in total. The number of carbonyl (C=O) groups excluding carboxylic acids is 2. The number of tetrazole rings is 1. The van der Waals surface area contributed by atoms with Crippen LogP contribution in [0.4, 0.5) is 5.13 Å². The minimum Gasteiger partial charge on any atom is -0.364 e. The Bertz CT molecular complexity index is 1180. The summed E-state index contributed by atoms with van der Waals surface area (Å²) in [7, 11) is 0. The summed E-state index contributed by atoms with van der Waals surface area (Å²) in [5.41, 5.74) is 7.56. The lowest BCUT2D eigenvalue weighted by molar-refractivity contribution is -0.117. The third-order valence-corrected chi connectivity index (χ3v) is 4.84. The van der Waals surface area contributed by atoms with Crippen molar-refractivity contribution in [3.8, 4) is 22.6 Å². The fraction of sp³-hybridized carbons (Fsp3) is 0.0588. The van der Waals surface area contributed by atoms with Gasteiger partial charge in [0.2, 0.25) is 11.7 Å². The third-order valence-electron chi connectivity index (χ3n) is 3.84. The van der Waals surface area contributed by atoms with Crippen LogP contribution in [-0.2, 0) is 11.3 Å². The van der Waals surface area contributed by atoms with Crippen LogP contribution in [0, 0.1) is 0 Å². The number of nitrogens with two attached hydrogens (primary N) is 1. The lowest BCUT2D eigenvalue weighted by atomic mass is 10.2. The van der Waals surface area contributed by atoms with Crippen molar-refractivity contribution in [3.63, 3.8) is 0 Å². The molecule has 0 aliphatic carbocycles. The standard InChI is InChI=1S/C17H13ClN8O2S/c18-11-3-1-9(2-4-11)16-23-25-26(24-16)7-14(27)22-17-21-13(8-29-17)10-5-12(15(19)28)20-6-10/h1-6,8,20H,7H2,(H2,19,28)(H,21,22,27). The maximum Gasteiger partial charge on any atom is 0.265 e. The topological polar surface area (TPSA) is 144 Å². The molecule has 0 saturated carbocycles. The fourth-order valence-electron chi connectivity index (χ4n) is 2.46. The number of anilines is 1. The Morgan fingerprint density at radius 1 is 1.24 bits per heavy atom. The van der Waals surface area contributed by atoms with Gasteiger partial charge in [-0.3, -0.25) is 9.59 Å². The minimum atomic E-state index is -0.557. The number of hydrogen-bond donors (Lipinski definition) is 3. The number of H-pyrrole nitrogens is 1. The fourth-order valence-corrected chi connectivity index (χ4v) is 3.32. The zero-order valence-corrected chi connectivity index (χ0v) is 16.2. The summed E-state index contributed by atoms with van der Waals surface area (Å²) < 4.78 is 0. The van der Waals surface area contributed by atoms with E-state index >= 15 is 0 Å². The molecule has 0 saturated heterocycles. The van der Waals surface area contributed by atoms with Crippen molar-refractivity contribution >= 4 is 39.9 Å². The number of carbonyl (C=O) groups is 2. The normalized spacial score (nSPS) is 10.8. The van der Waals surface area contributed by atoms with Crippen molar-refractivity contribution in [1.82, 2.24) is 30.2 Å². The van der Waals surface area contributed by atoms with Gasteiger partial charge in [-0.15, -0.1) is 21.5 Å². The van der Waals surface area contributed by atoms with Gasteiger partial charge in [-0.1, -0.05) is 11.6 Å². The van der Waals surface area contributed by atoms with Gasteiger partial charge in [0.25, 0.3) is 5.91 Å². The number of aromatic amines is 1. The van der Waals surface area contributed by atoms with Crippen LogP contribution < -0.4 is 11.1 Å². The van der Waals surface area contributed by atoms with Crippen LogP contribution in [-0.4, -0.2) is 42.0 Å². The van der Waals surface area contributed by atoms with Gasteiger partial charge < -0.3 is 16.0 Å². The molecule has 2 amide bonds. The first kappa shape index (κ1) is 18.8. The molecule has 0 spiro atoms. The molecule has 12 heteroatoms. The molecule has 146 valence electrons. The molecule has 0 atom stereocenters. The minimum absolute atomic E-state index is 0.120. The number of benzene rings is 1. The molecule has 29 heavy (non-hydrogen) atoms. The van der Waals surface area contributed by atoms with Crippen LogP contribution >= 0.6 is 22.9 Å². The van der Waals surface area contributed by atoms with Crippen molar-refractivity contribution in [2.45, 2.75) is 6.54 Å². The predicted molar refractivity (Wildman–Crippen MR) is 107 cm³/mol. The second kappa shape index (κ2) is 7.81. The zero-order chi connectivity index (χ0) is 20.4. The number of halogens is 1. The number of hydrogen-bond acceptors (Lipinski definition) is 7. The smallest absolute Gasteiger partial charge is 0.265 e. The van der Waals surface area contributed by atoms with Crippen LogP contribution in [0.2, 0.25) is 5.02 Å². The Kier molecular flexibility index (Phi) is 5.06. The summed E-state index contributed by atoms with van der Waals surface area (Å²) >= 11 is 7.12. The van der Waals surface area contributed by atoms with Crippen molar-refractivity contribution < 1.29 is 9.59 Å². The van der Waals surface area contributed by atoms with Crippen LogP contribution in [0.3, 0.4) is 0 Å². The lowest BCUT2D eigenvalue weighted by Gasteiger charge is -2.00. The summed E-state index contributed by atoms with van der Waals surface area (Å²) in [6.07, 6.45) is 1.62. The van der Waals surface area contributed by atoms with E-state index < -0.39 is 5.91 Å². The zero-order valence-electron chi connectivity index (χ0n) is 14.7. The van der Waals surface area contributed by atoms with E-state index in [1.54, 1.807) is 41.9 Å². The number of rotatable bonds is 6. The van der Waals surface area contributed by atoms with E-state index in [1.807, 2.05) is 0 Å². The van der Waals surface area contributed by atoms with E-state index in [0.29, 0.717) is 27.2 Å². The highest BCUT2D eigenvalue weighted by atomic mass is 35.5. The highest BCUT2D eigenvalue weighted by Crippen LogP contribution is 2.25. The maximum atomic E-state index is 12.3. The Balaban J connectivity index is 1.39. The number of nitrogens with one attached hydrogen (secondary N) is 2. The second-order valence-electron chi connectivity index (χ2n) is 5.90. The third kappa shape index (κ3) is 4.31. The van der Waals surface area contributed by atoms with Crippen molar-refractivity contribution in [2.75, 3.05) is 5.32 Å². The average Bonchev–Trinajstić information content (AvgIpc) is 3.42. The molecular formula is C17H13ClN8O2S. The predicted octanol–water partition coefficient (Wildman–Crippen LogP) is 2.18. The van der Waals surface area contributed by atoms with Gasteiger partial charge in [-0.25, -0.2) is 4.98 Å². The molecule has 0 aliphatic rings. The van der Waals surface area contributed by atoms with Gasteiger partial charge in [-0.2, -0.15) is 4.80 Å². The summed E-state index contributed by atoms with van der Waals surface area (Å²) in [4.78, 5) is 31.7. The number of primary amides is 1. The molecule has 4 aromatic rings. The Labute approximate surface area is 172 Å². The van der Waals surface area contributed by atoms with Gasteiger partial charge >= 0.3 is 0 Å². The van der Waals surface area contributed by atoms with Gasteiger partial charge in [0.05, 0.1) is 5.69 Å². The molecular weight excluding hydrogens is 416 g/mol. The van der Waals surface area contributed by atoms with Crippen LogP contribution in [0.1, 0.15) is 10.5 Å². The van der Waals surface area contributed by atoms with Crippen LogP contribution in [0.5, 0.6) is 0 Å². The first-order chi connectivity index (χ1) is 14.0. The SMILES string of the molecule is NC(=O)c1cc(-c2csc(NC(=O)Cn3nnc(-c4ccc(Cl)cc4)n3)n2)c[nH]1. The molecule has 0 fully saturated rings. The van der Waals surface area contributed by atoms with E-state index in [9.17, 15) is 9.59 Å². The molecule has 3 heterocycles. The summed E-state index contributed by atoms with van der Waals surface area (Å²) in [5.74, 6) is -0.514. The Morgan fingerprint density at radius 3 is 2.76 bits per heavy atom. The van der Waals surface area contributed by atoms with Gasteiger partial charge in [0, 0.05) is 27.7 Å². The van der Waals surface area contributed by atoms with Gasteiger partial charge in [-0.05, 0) is 35.5 Å². The molecule has 1 aromatic carbocycles. The number of thiazole rings is 1. The van der Waals surface area contributed by atoms with Crippen molar-refractivity contribution in [2.24, 2.45) is 5.73 Å². The monoisotopic (exact) mass is 428 g/mol. The highest BCUT2D eigenvalue weighted by molar-refractivity contribution is 7.14. The van der Waals surface area contributed by atoms with E-state index in [1.165, 1.54) is 16.1 Å². The molecule has 4 rings (SSSR count). The Hall–Kier alpha value is -3.57. The highest BCUT2D eigenvalue weighted by Gasteiger charge is 2.13. The molecule has 0 bridgehead atoms. The van der Waals surface area contributed by atoms with E-state index in [4.69, 9.17) is 17.3 Å². The van der Waals surface area contributed by atoms with Crippen LogP contribution in [0.15, 0.2) is 41.9 Å². The van der Waals surface area contributed by atoms with E-state index in [0.717, 1.165) is 5.56 Å². The van der Waals surface area contributed by atoms with Gasteiger partial charge in [0.15, 0.2) is 5.13 Å². The first-order valence-electron chi connectivity index (χ1n) is 8.25. The van der Waals surface area contributed by atoms with E-state index in [-0.39, 0.29) is 18.1 Å². The molecule has 3 aromatic heterocycles. The van der Waals surface area contributed by atoms with Gasteiger partial charge in [0.1, 0.15) is 12.2 Å². The Morgan fingerprint density at radius 2 is 2.03 bits per heavy atom.